The first kappa shape index (κ1) is 15.0. The largest absolute Gasteiger partial charge is 0.507 e. The van der Waals surface area contributed by atoms with E-state index < -0.39 is 0 Å². The number of nitrogens with one attached hydrogen (secondary N) is 2. The molecular formula is C18H21N5O. The van der Waals surface area contributed by atoms with E-state index in [0.29, 0.717) is 17.3 Å². The van der Waals surface area contributed by atoms with Crippen molar-refractivity contribution in [3.05, 3.63) is 36.5 Å². The van der Waals surface area contributed by atoms with Crippen molar-refractivity contribution in [3.63, 3.8) is 0 Å². The van der Waals surface area contributed by atoms with Gasteiger partial charge in [-0.3, -0.25) is 0 Å². The number of fused-ring (bicyclic) bond motifs is 1. The molecule has 3 aromatic rings. The highest BCUT2D eigenvalue weighted by molar-refractivity contribution is 5.99. The second-order valence-corrected chi connectivity index (χ2v) is 6.43. The minimum Gasteiger partial charge on any atom is -0.507 e. The van der Waals surface area contributed by atoms with Crippen molar-refractivity contribution in [2.24, 2.45) is 0 Å². The van der Waals surface area contributed by atoms with Crippen LogP contribution in [0, 0.1) is 0 Å². The summed E-state index contributed by atoms with van der Waals surface area (Å²) in [7, 11) is 2.14. The van der Waals surface area contributed by atoms with E-state index in [-0.39, 0.29) is 5.75 Å². The van der Waals surface area contributed by atoms with E-state index in [1.807, 2.05) is 24.4 Å². The highest BCUT2D eigenvalue weighted by atomic mass is 16.3. The van der Waals surface area contributed by atoms with Crippen LogP contribution in [0.25, 0.3) is 22.2 Å². The number of hydrogen-bond donors (Lipinski definition) is 3. The van der Waals surface area contributed by atoms with Crippen molar-refractivity contribution in [1.82, 2.24) is 20.1 Å². The van der Waals surface area contributed by atoms with E-state index >= 15 is 0 Å². The molecule has 1 saturated heterocycles. The second-order valence-electron chi connectivity index (χ2n) is 6.43. The number of likely N-dealkylation sites (N-methyl/N-ethyl adjacent to an activating group) is 1. The van der Waals surface area contributed by atoms with Gasteiger partial charge < -0.3 is 20.3 Å². The van der Waals surface area contributed by atoms with Crippen molar-refractivity contribution in [3.8, 4) is 17.0 Å². The lowest BCUT2D eigenvalue weighted by Crippen LogP contribution is -2.40. The van der Waals surface area contributed by atoms with E-state index in [9.17, 15) is 5.11 Å². The van der Waals surface area contributed by atoms with E-state index in [4.69, 9.17) is 0 Å². The molecule has 3 heterocycles. The quantitative estimate of drug-likeness (QED) is 0.691. The molecule has 0 unspecified atom stereocenters. The normalized spacial score (nSPS) is 18.8. The molecule has 0 bridgehead atoms. The Morgan fingerprint density at radius 2 is 2.12 bits per heavy atom. The number of likely N-dealkylation sites (tertiary alicyclic amines) is 1. The summed E-state index contributed by atoms with van der Waals surface area (Å²) in [4.78, 5) is 5.59. The molecule has 0 radical (unpaired) electrons. The van der Waals surface area contributed by atoms with Crippen LogP contribution in [0.3, 0.4) is 0 Å². The van der Waals surface area contributed by atoms with Gasteiger partial charge in [-0.2, -0.15) is 0 Å². The Bertz CT molecular complexity index is 859. The molecule has 0 amide bonds. The van der Waals surface area contributed by atoms with Gasteiger partial charge in [0.1, 0.15) is 11.4 Å². The third kappa shape index (κ3) is 2.69. The zero-order chi connectivity index (χ0) is 16.5. The maximum absolute atomic E-state index is 10.1. The van der Waals surface area contributed by atoms with Crippen LogP contribution in [0.5, 0.6) is 5.75 Å². The number of phenolic OH excluding ortho intramolecular Hbond substituents is 1. The monoisotopic (exact) mass is 323 g/mol. The van der Waals surface area contributed by atoms with Crippen LogP contribution >= 0.6 is 0 Å². The summed E-state index contributed by atoms with van der Waals surface area (Å²) in [5, 5.41) is 23.4. The van der Waals surface area contributed by atoms with Crippen LogP contribution in [-0.4, -0.2) is 51.4 Å². The maximum atomic E-state index is 10.1. The van der Waals surface area contributed by atoms with Gasteiger partial charge >= 0.3 is 0 Å². The van der Waals surface area contributed by atoms with Crippen LogP contribution in [0.2, 0.25) is 0 Å². The number of para-hydroxylation sites is 1. The molecule has 1 atom stereocenters. The summed E-state index contributed by atoms with van der Waals surface area (Å²) < 4.78 is 0. The summed E-state index contributed by atoms with van der Waals surface area (Å²) in [6, 6.07) is 9.56. The highest BCUT2D eigenvalue weighted by Gasteiger charge is 2.20. The molecule has 0 saturated carbocycles. The van der Waals surface area contributed by atoms with Crippen molar-refractivity contribution in [2.75, 3.05) is 25.5 Å². The number of benzene rings is 1. The fourth-order valence-electron chi connectivity index (χ4n) is 3.42. The Balaban J connectivity index is 1.71. The number of aromatic hydroxyl groups is 1. The molecule has 1 aliphatic rings. The van der Waals surface area contributed by atoms with E-state index in [0.717, 1.165) is 36.2 Å². The van der Waals surface area contributed by atoms with Gasteiger partial charge in [0.15, 0.2) is 5.82 Å². The minimum absolute atomic E-state index is 0.212. The molecule has 24 heavy (non-hydrogen) atoms. The predicted molar refractivity (Wildman–Crippen MR) is 95.1 cm³/mol. The number of piperidine rings is 1. The number of aromatic nitrogens is 3. The molecule has 1 aromatic carbocycles. The average Bonchev–Trinajstić information content (AvgIpc) is 3.06. The number of hydrogen-bond acceptors (Lipinski definition) is 5. The van der Waals surface area contributed by atoms with E-state index in [1.54, 1.807) is 12.1 Å². The summed E-state index contributed by atoms with van der Waals surface area (Å²) in [6.45, 7) is 2.15. The Labute approximate surface area is 140 Å². The Morgan fingerprint density at radius 1 is 1.25 bits per heavy atom. The van der Waals surface area contributed by atoms with Crippen molar-refractivity contribution >= 4 is 16.7 Å². The molecular weight excluding hydrogens is 302 g/mol. The molecule has 1 fully saturated rings. The first-order chi connectivity index (χ1) is 11.7. The lowest BCUT2D eigenvalue weighted by molar-refractivity contribution is 0.261. The van der Waals surface area contributed by atoms with Crippen LogP contribution in [0.15, 0.2) is 36.5 Å². The minimum atomic E-state index is 0.212. The van der Waals surface area contributed by atoms with E-state index in [1.165, 1.54) is 6.42 Å². The predicted octanol–water partition coefficient (Wildman–Crippen LogP) is 2.84. The molecule has 6 heteroatoms. The van der Waals surface area contributed by atoms with Gasteiger partial charge in [-0.15, -0.1) is 10.2 Å². The standard InChI is InChI=1S/C18H21N5O/c1-23-10-4-5-12(11-23)20-18-17-14(8-9-19-17)16(21-22-18)13-6-2-3-7-15(13)24/h2-3,6-9,12,19,24H,4-5,10-11H2,1H3,(H,20,22)/t12-/m1/s1. The van der Waals surface area contributed by atoms with Crippen molar-refractivity contribution < 1.29 is 5.11 Å². The third-order valence-electron chi connectivity index (χ3n) is 4.61. The average molecular weight is 323 g/mol. The number of anilines is 1. The Hall–Kier alpha value is -2.60. The van der Waals surface area contributed by atoms with E-state index in [2.05, 4.69) is 32.4 Å². The van der Waals surface area contributed by atoms with Crippen LogP contribution in [0.4, 0.5) is 5.82 Å². The van der Waals surface area contributed by atoms with Gasteiger partial charge in [0.2, 0.25) is 0 Å². The molecule has 124 valence electrons. The highest BCUT2D eigenvalue weighted by Crippen LogP contribution is 2.34. The van der Waals surface area contributed by atoms with Crippen molar-refractivity contribution in [1.29, 1.82) is 0 Å². The summed E-state index contributed by atoms with van der Waals surface area (Å²) in [5.74, 6) is 0.985. The lowest BCUT2D eigenvalue weighted by Gasteiger charge is -2.30. The second kappa shape index (κ2) is 6.13. The number of aromatic amines is 1. The SMILES string of the molecule is CN1CCC[C@@H](Nc2nnc(-c3ccccc3O)c3cc[nH]c23)C1. The molecule has 4 rings (SSSR count). The van der Waals surface area contributed by atoms with Crippen molar-refractivity contribution in [2.45, 2.75) is 18.9 Å². The summed E-state index contributed by atoms with van der Waals surface area (Å²) in [5.41, 5.74) is 2.31. The fraction of sp³-hybridized carbons (Fsp3) is 0.333. The first-order valence-corrected chi connectivity index (χ1v) is 8.29. The lowest BCUT2D eigenvalue weighted by atomic mass is 10.1. The maximum Gasteiger partial charge on any atom is 0.173 e. The number of nitrogens with zero attached hydrogens (tertiary/aromatic N) is 3. The van der Waals surface area contributed by atoms with Gasteiger partial charge in [0, 0.05) is 29.7 Å². The molecule has 6 nitrogen and oxygen atoms in total. The van der Waals surface area contributed by atoms with Crippen LogP contribution in [0.1, 0.15) is 12.8 Å². The first-order valence-electron chi connectivity index (χ1n) is 8.29. The fourth-order valence-corrected chi connectivity index (χ4v) is 3.42. The summed E-state index contributed by atoms with van der Waals surface area (Å²) >= 11 is 0. The molecule has 0 spiro atoms. The van der Waals surface area contributed by atoms with Gasteiger partial charge in [0.05, 0.1) is 5.52 Å². The Kier molecular flexibility index (Phi) is 3.82. The number of H-pyrrole nitrogens is 1. The molecule has 1 aliphatic heterocycles. The van der Waals surface area contributed by atoms with Gasteiger partial charge in [-0.05, 0) is 44.6 Å². The Morgan fingerprint density at radius 3 is 2.96 bits per heavy atom. The van der Waals surface area contributed by atoms with Crippen LogP contribution in [-0.2, 0) is 0 Å². The summed E-state index contributed by atoms with van der Waals surface area (Å²) in [6.07, 6.45) is 4.20. The molecule has 0 aliphatic carbocycles. The number of rotatable bonds is 3. The number of phenols is 1. The van der Waals surface area contributed by atoms with Crippen LogP contribution < -0.4 is 5.32 Å². The third-order valence-corrected chi connectivity index (χ3v) is 4.61. The molecule has 3 N–H and O–H groups in total. The zero-order valence-electron chi connectivity index (χ0n) is 13.7. The van der Waals surface area contributed by atoms with Gasteiger partial charge in [-0.1, -0.05) is 12.1 Å². The molecule has 2 aromatic heterocycles. The van der Waals surface area contributed by atoms with Gasteiger partial charge in [0.25, 0.3) is 0 Å². The zero-order valence-corrected chi connectivity index (χ0v) is 13.7. The topological polar surface area (TPSA) is 77.1 Å². The smallest absolute Gasteiger partial charge is 0.173 e. The van der Waals surface area contributed by atoms with Gasteiger partial charge in [-0.25, -0.2) is 0 Å².